The Hall–Kier alpha value is -2.56. The van der Waals surface area contributed by atoms with Gasteiger partial charge in [0.1, 0.15) is 0 Å². The Morgan fingerprint density at radius 1 is 1.00 bits per heavy atom. The van der Waals surface area contributed by atoms with Crippen molar-refractivity contribution >= 4 is 10.9 Å². The lowest BCUT2D eigenvalue weighted by Crippen LogP contribution is -2.07. The fourth-order valence-electron chi connectivity index (χ4n) is 2.45. The number of pyridine rings is 1. The van der Waals surface area contributed by atoms with E-state index in [1.54, 1.807) is 37.3 Å². The van der Waals surface area contributed by atoms with E-state index in [2.05, 4.69) is 4.98 Å². The van der Waals surface area contributed by atoms with E-state index in [9.17, 15) is 18.0 Å². The Morgan fingerprint density at radius 3 is 2.45 bits per heavy atom. The number of hydrogen-bond acceptors (Lipinski definition) is 1. The lowest BCUT2D eigenvalue weighted by atomic mass is 10.0. The normalized spacial score (nSPS) is 11.8. The first-order valence-corrected chi connectivity index (χ1v) is 6.66. The summed E-state index contributed by atoms with van der Waals surface area (Å²) in [6.07, 6.45) is -4.42. The summed E-state index contributed by atoms with van der Waals surface area (Å²) in [5, 5.41) is 0.509. The van der Waals surface area contributed by atoms with E-state index in [0.29, 0.717) is 27.7 Å². The van der Waals surface area contributed by atoms with Crippen molar-refractivity contribution in [1.29, 1.82) is 0 Å². The van der Waals surface area contributed by atoms with Crippen molar-refractivity contribution in [3.8, 4) is 11.3 Å². The number of benzene rings is 2. The molecule has 0 unspecified atom stereocenters. The highest BCUT2D eigenvalue weighted by atomic mass is 19.4. The van der Waals surface area contributed by atoms with Gasteiger partial charge in [-0.25, -0.2) is 0 Å². The molecule has 0 bridgehead atoms. The summed E-state index contributed by atoms with van der Waals surface area (Å²) in [5.74, 6) is 0. The van der Waals surface area contributed by atoms with Crippen LogP contribution < -0.4 is 5.43 Å². The van der Waals surface area contributed by atoms with Gasteiger partial charge in [0.2, 0.25) is 0 Å². The van der Waals surface area contributed by atoms with E-state index in [1.807, 2.05) is 0 Å². The van der Waals surface area contributed by atoms with Gasteiger partial charge in [0, 0.05) is 22.7 Å². The maximum Gasteiger partial charge on any atom is 0.416 e. The second-order valence-electron chi connectivity index (χ2n) is 5.18. The van der Waals surface area contributed by atoms with Crippen molar-refractivity contribution < 1.29 is 13.2 Å². The highest BCUT2D eigenvalue weighted by molar-refractivity contribution is 5.81. The zero-order chi connectivity index (χ0) is 15.9. The minimum absolute atomic E-state index is 0.223. The number of H-pyrrole nitrogens is 1. The maximum atomic E-state index is 12.9. The first-order chi connectivity index (χ1) is 10.3. The molecule has 3 rings (SSSR count). The summed E-state index contributed by atoms with van der Waals surface area (Å²) >= 11 is 0. The van der Waals surface area contributed by atoms with Gasteiger partial charge in [-0.05, 0) is 48.4 Å². The molecule has 0 spiro atoms. The standard InChI is InChI=1S/C17H12F3NO/c1-10-6-11(8-12(7-10)17(18,19)20)15-9-16(22)13-4-2-3-5-14(13)21-15/h2-9H,1H3,(H,21,22). The summed E-state index contributed by atoms with van der Waals surface area (Å²) in [4.78, 5) is 15.1. The van der Waals surface area contributed by atoms with Crippen LogP contribution in [-0.2, 0) is 6.18 Å². The predicted molar refractivity (Wildman–Crippen MR) is 79.7 cm³/mol. The van der Waals surface area contributed by atoms with Crippen molar-refractivity contribution in [3.63, 3.8) is 0 Å². The van der Waals surface area contributed by atoms with Gasteiger partial charge in [0.25, 0.3) is 0 Å². The Labute approximate surface area is 124 Å². The Morgan fingerprint density at radius 2 is 1.73 bits per heavy atom. The first-order valence-electron chi connectivity index (χ1n) is 6.66. The van der Waals surface area contributed by atoms with E-state index in [1.165, 1.54) is 6.07 Å². The van der Waals surface area contributed by atoms with Gasteiger partial charge in [0.15, 0.2) is 5.43 Å². The van der Waals surface area contributed by atoms with Gasteiger partial charge in [-0.2, -0.15) is 13.2 Å². The van der Waals surface area contributed by atoms with E-state index >= 15 is 0 Å². The number of nitrogens with one attached hydrogen (secondary N) is 1. The molecule has 0 amide bonds. The topological polar surface area (TPSA) is 32.9 Å². The highest BCUT2D eigenvalue weighted by Gasteiger charge is 2.31. The highest BCUT2D eigenvalue weighted by Crippen LogP contribution is 2.33. The molecular formula is C17H12F3NO. The Bertz CT molecular complexity index is 910. The molecule has 0 aliphatic rings. The third-order valence-electron chi connectivity index (χ3n) is 3.45. The number of aryl methyl sites for hydroxylation is 1. The molecule has 0 aliphatic carbocycles. The van der Waals surface area contributed by atoms with Gasteiger partial charge < -0.3 is 4.98 Å². The molecule has 0 saturated heterocycles. The summed E-state index contributed by atoms with van der Waals surface area (Å²) in [7, 11) is 0. The summed E-state index contributed by atoms with van der Waals surface area (Å²) in [5.41, 5.74) is 0.850. The molecule has 0 aliphatic heterocycles. The molecular weight excluding hydrogens is 291 g/mol. The lowest BCUT2D eigenvalue weighted by Gasteiger charge is -2.11. The fraction of sp³-hybridized carbons (Fsp3) is 0.118. The zero-order valence-corrected chi connectivity index (χ0v) is 11.7. The van der Waals surface area contributed by atoms with Crippen LogP contribution in [0.1, 0.15) is 11.1 Å². The quantitative estimate of drug-likeness (QED) is 0.704. The number of aromatic amines is 1. The fourth-order valence-corrected chi connectivity index (χ4v) is 2.45. The molecule has 1 aromatic heterocycles. The number of para-hydroxylation sites is 1. The average Bonchev–Trinajstić information content (AvgIpc) is 2.45. The van der Waals surface area contributed by atoms with Crippen molar-refractivity contribution in [2.75, 3.05) is 0 Å². The van der Waals surface area contributed by atoms with E-state index in [-0.39, 0.29) is 5.43 Å². The first kappa shape index (κ1) is 14.4. The van der Waals surface area contributed by atoms with Gasteiger partial charge >= 0.3 is 6.18 Å². The Balaban J connectivity index is 2.24. The predicted octanol–water partition coefficient (Wildman–Crippen LogP) is 4.52. The van der Waals surface area contributed by atoms with Crippen molar-refractivity contribution in [2.24, 2.45) is 0 Å². The molecule has 0 fully saturated rings. The van der Waals surface area contributed by atoms with Crippen LogP contribution >= 0.6 is 0 Å². The number of rotatable bonds is 1. The minimum Gasteiger partial charge on any atom is -0.354 e. The molecule has 22 heavy (non-hydrogen) atoms. The summed E-state index contributed by atoms with van der Waals surface area (Å²) < 4.78 is 38.8. The third-order valence-corrected chi connectivity index (χ3v) is 3.45. The molecule has 0 atom stereocenters. The largest absolute Gasteiger partial charge is 0.416 e. The smallest absolute Gasteiger partial charge is 0.354 e. The van der Waals surface area contributed by atoms with E-state index in [0.717, 1.165) is 12.1 Å². The number of alkyl halides is 3. The summed E-state index contributed by atoms with van der Waals surface area (Å²) in [6.45, 7) is 1.60. The van der Waals surface area contributed by atoms with Gasteiger partial charge in [-0.3, -0.25) is 4.79 Å². The van der Waals surface area contributed by atoms with Gasteiger partial charge in [0.05, 0.1) is 5.56 Å². The number of hydrogen-bond donors (Lipinski definition) is 1. The molecule has 1 heterocycles. The monoisotopic (exact) mass is 303 g/mol. The average molecular weight is 303 g/mol. The van der Waals surface area contributed by atoms with E-state index < -0.39 is 11.7 Å². The zero-order valence-electron chi connectivity index (χ0n) is 11.7. The van der Waals surface area contributed by atoms with Gasteiger partial charge in [-0.15, -0.1) is 0 Å². The van der Waals surface area contributed by atoms with Crippen LogP contribution in [0.2, 0.25) is 0 Å². The van der Waals surface area contributed by atoms with Crippen LogP contribution in [0, 0.1) is 6.92 Å². The molecule has 3 aromatic rings. The number of aromatic nitrogens is 1. The van der Waals surface area contributed by atoms with Crippen LogP contribution in [0.25, 0.3) is 22.2 Å². The Kier molecular flexibility index (Phi) is 3.28. The second kappa shape index (κ2) is 5.02. The van der Waals surface area contributed by atoms with Crippen LogP contribution in [0.4, 0.5) is 13.2 Å². The second-order valence-corrected chi connectivity index (χ2v) is 5.18. The molecule has 112 valence electrons. The van der Waals surface area contributed by atoms with Crippen molar-refractivity contribution in [1.82, 2.24) is 4.98 Å². The number of halogens is 3. The molecule has 5 heteroatoms. The number of fused-ring (bicyclic) bond motifs is 1. The van der Waals surface area contributed by atoms with Crippen LogP contribution in [0.5, 0.6) is 0 Å². The molecule has 2 nitrogen and oxygen atoms in total. The van der Waals surface area contributed by atoms with Crippen molar-refractivity contribution in [3.05, 3.63) is 69.9 Å². The van der Waals surface area contributed by atoms with Crippen molar-refractivity contribution in [2.45, 2.75) is 13.1 Å². The van der Waals surface area contributed by atoms with Crippen LogP contribution in [-0.4, -0.2) is 4.98 Å². The maximum absolute atomic E-state index is 12.9. The third kappa shape index (κ3) is 2.62. The minimum atomic E-state index is -4.42. The molecule has 2 aromatic carbocycles. The molecule has 0 saturated carbocycles. The van der Waals surface area contributed by atoms with Crippen LogP contribution in [0.15, 0.2) is 53.3 Å². The SMILES string of the molecule is Cc1cc(-c2cc(=O)c3ccccc3[nH]2)cc(C(F)(F)F)c1. The lowest BCUT2D eigenvalue weighted by molar-refractivity contribution is -0.137. The molecule has 1 N–H and O–H groups in total. The van der Waals surface area contributed by atoms with Gasteiger partial charge in [-0.1, -0.05) is 12.1 Å². The van der Waals surface area contributed by atoms with E-state index in [4.69, 9.17) is 0 Å². The van der Waals surface area contributed by atoms with Crippen LogP contribution in [0.3, 0.4) is 0 Å². The molecule has 0 radical (unpaired) electrons. The summed E-state index contributed by atoms with van der Waals surface area (Å²) in [6, 6.07) is 12.0.